The molecule has 2 aromatic rings. The minimum Gasteiger partial charge on any atom is -0.491 e. The zero-order valence-electron chi connectivity index (χ0n) is 11.5. The fourth-order valence-electron chi connectivity index (χ4n) is 1.78. The van der Waals surface area contributed by atoms with E-state index in [1.807, 2.05) is 0 Å². The summed E-state index contributed by atoms with van der Waals surface area (Å²) in [5.41, 5.74) is 6.84. The van der Waals surface area contributed by atoms with Crippen LogP contribution in [-0.2, 0) is 11.3 Å². The highest BCUT2D eigenvalue weighted by atomic mass is 19.1. The van der Waals surface area contributed by atoms with E-state index in [1.165, 1.54) is 12.3 Å². The number of nitrogens with two attached hydrogens (primary N) is 1. The van der Waals surface area contributed by atoms with Crippen molar-refractivity contribution in [3.63, 3.8) is 0 Å². The molecule has 0 amide bonds. The fraction of sp³-hybridized carbons (Fsp3) is 0.200. The van der Waals surface area contributed by atoms with E-state index in [1.54, 1.807) is 25.1 Å². The van der Waals surface area contributed by atoms with E-state index in [4.69, 9.17) is 15.2 Å². The predicted molar refractivity (Wildman–Crippen MR) is 75.3 cm³/mol. The standard InChI is InChI=1S/C15H15FN2O3/c1-2-20-14-12(4-3-5-13(14)17)15(19)21-9-10-6-11(16)8-18-7-10/h3-8H,2,9,17H2,1H3. The van der Waals surface area contributed by atoms with Gasteiger partial charge in [0.1, 0.15) is 18.0 Å². The number of nitrogens with zero attached hydrogens (tertiary/aromatic N) is 1. The maximum atomic E-state index is 13.0. The van der Waals surface area contributed by atoms with Crippen LogP contribution in [0.4, 0.5) is 10.1 Å². The maximum absolute atomic E-state index is 13.0. The van der Waals surface area contributed by atoms with E-state index in [0.29, 0.717) is 23.6 Å². The number of hydrogen-bond acceptors (Lipinski definition) is 5. The van der Waals surface area contributed by atoms with Gasteiger partial charge >= 0.3 is 5.97 Å². The van der Waals surface area contributed by atoms with E-state index in [-0.39, 0.29) is 12.2 Å². The molecule has 0 aliphatic carbocycles. The smallest absolute Gasteiger partial charge is 0.342 e. The molecule has 1 heterocycles. The molecule has 2 rings (SSSR count). The van der Waals surface area contributed by atoms with Crippen LogP contribution in [-0.4, -0.2) is 17.6 Å². The minimum absolute atomic E-state index is 0.0794. The molecule has 0 aliphatic rings. The van der Waals surface area contributed by atoms with Crippen LogP contribution in [0.25, 0.3) is 0 Å². The van der Waals surface area contributed by atoms with Gasteiger partial charge in [-0.05, 0) is 25.1 Å². The SMILES string of the molecule is CCOc1c(N)cccc1C(=O)OCc1cncc(F)c1. The number of pyridine rings is 1. The van der Waals surface area contributed by atoms with Crippen molar-refractivity contribution in [2.75, 3.05) is 12.3 Å². The largest absolute Gasteiger partial charge is 0.491 e. The summed E-state index contributed by atoms with van der Waals surface area (Å²) in [6.45, 7) is 2.09. The van der Waals surface area contributed by atoms with Gasteiger partial charge in [0.15, 0.2) is 5.75 Å². The first-order chi connectivity index (χ1) is 10.1. The van der Waals surface area contributed by atoms with Crippen molar-refractivity contribution in [3.05, 3.63) is 53.6 Å². The molecule has 21 heavy (non-hydrogen) atoms. The summed E-state index contributed by atoms with van der Waals surface area (Å²) in [7, 11) is 0. The highest BCUT2D eigenvalue weighted by Crippen LogP contribution is 2.27. The third-order valence-corrected chi connectivity index (χ3v) is 2.69. The number of anilines is 1. The van der Waals surface area contributed by atoms with Crippen LogP contribution in [0.2, 0.25) is 0 Å². The van der Waals surface area contributed by atoms with Crippen LogP contribution in [0, 0.1) is 5.82 Å². The number of ether oxygens (including phenoxy) is 2. The van der Waals surface area contributed by atoms with E-state index < -0.39 is 11.8 Å². The summed E-state index contributed by atoms with van der Waals surface area (Å²) >= 11 is 0. The van der Waals surface area contributed by atoms with E-state index in [9.17, 15) is 9.18 Å². The average Bonchev–Trinajstić information content (AvgIpc) is 2.47. The Kier molecular flexibility index (Phi) is 4.71. The quantitative estimate of drug-likeness (QED) is 0.676. The molecule has 0 saturated heterocycles. The highest BCUT2D eigenvalue weighted by Gasteiger charge is 2.16. The molecular formula is C15H15FN2O3. The number of halogens is 1. The zero-order valence-corrected chi connectivity index (χ0v) is 11.5. The molecule has 0 aliphatic heterocycles. The van der Waals surface area contributed by atoms with Crippen molar-refractivity contribution >= 4 is 11.7 Å². The summed E-state index contributed by atoms with van der Waals surface area (Å²) in [5, 5.41) is 0. The second-order valence-electron chi connectivity index (χ2n) is 4.24. The van der Waals surface area contributed by atoms with E-state index >= 15 is 0 Å². The number of carbonyl (C=O) groups is 1. The summed E-state index contributed by atoms with van der Waals surface area (Å²) < 4.78 is 23.5. The lowest BCUT2D eigenvalue weighted by atomic mass is 10.1. The first kappa shape index (κ1) is 14.8. The van der Waals surface area contributed by atoms with Gasteiger partial charge in [0, 0.05) is 11.8 Å². The van der Waals surface area contributed by atoms with Crippen LogP contribution < -0.4 is 10.5 Å². The fourth-order valence-corrected chi connectivity index (χ4v) is 1.78. The number of benzene rings is 1. The van der Waals surface area contributed by atoms with Gasteiger partial charge in [-0.2, -0.15) is 0 Å². The Morgan fingerprint density at radius 3 is 2.90 bits per heavy atom. The minimum atomic E-state index is -0.588. The first-order valence-corrected chi connectivity index (χ1v) is 6.39. The van der Waals surface area contributed by atoms with Gasteiger partial charge < -0.3 is 15.2 Å². The number of hydrogen-bond donors (Lipinski definition) is 1. The van der Waals surface area contributed by atoms with Crippen LogP contribution >= 0.6 is 0 Å². The molecule has 0 unspecified atom stereocenters. The summed E-state index contributed by atoms with van der Waals surface area (Å²) in [6.07, 6.45) is 2.51. The Morgan fingerprint density at radius 2 is 2.19 bits per heavy atom. The van der Waals surface area contributed by atoms with Gasteiger partial charge in [0.25, 0.3) is 0 Å². The molecule has 0 fully saturated rings. The Hall–Kier alpha value is -2.63. The van der Waals surface area contributed by atoms with Crippen molar-refractivity contribution in [2.45, 2.75) is 13.5 Å². The second kappa shape index (κ2) is 6.69. The molecule has 2 N–H and O–H groups in total. The Bertz CT molecular complexity index is 647. The predicted octanol–water partition coefficient (Wildman–Crippen LogP) is 2.56. The van der Waals surface area contributed by atoms with Crippen molar-refractivity contribution in [1.82, 2.24) is 4.98 Å². The monoisotopic (exact) mass is 290 g/mol. The molecule has 0 saturated carbocycles. The number of carbonyl (C=O) groups excluding carboxylic acids is 1. The number of esters is 1. The lowest BCUT2D eigenvalue weighted by molar-refractivity contribution is 0.0467. The Morgan fingerprint density at radius 1 is 1.38 bits per heavy atom. The van der Waals surface area contributed by atoms with Gasteiger partial charge in [0.05, 0.1) is 18.5 Å². The Labute approximate surface area is 121 Å². The van der Waals surface area contributed by atoms with Gasteiger partial charge in [-0.15, -0.1) is 0 Å². The number of para-hydroxylation sites is 1. The van der Waals surface area contributed by atoms with Crippen LogP contribution in [0.5, 0.6) is 5.75 Å². The van der Waals surface area contributed by atoms with Crippen molar-refractivity contribution in [2.24, 2.45) is 0 Å². The van der Waals surface area contributed by atoms with E-state index in [2.05, 4.69) is 4.98 Å². The van der Waals surface area contributed by atoms with Gasteiger partial charge in [-0.3, -0.25) is 4.98 Å². The Balaban J connectivity index is 2.12. The third-order valence-electron chi connectivity index (χ3n) is 2.69. The number of aromatic nitrogens is 1. The zero-order chi connectivity index (χ0) is 15.2. The van der Waals surface area contributed by atoms with Gasteiger partial charge in [-0.1, -0.05) is 6.07 Å². The van der Waals surface area contributed by atoms with Crippen LogP contribution in [0.15, 0.2) is 36.7 Å². The molecule has 6 heteroatoms. The topological polar surface area (TPSA) is 74.4 Å². The molecule has 0 atom stereocenters. The molecular weight excluding hydrogens is 275 g/mol. The lowest BCUT2D eigenvalue weighted by Gasteiger charge is -2.12. The summed E-state index contributed by atoms with van der Waals surface area (Å²) in [4.78, 5) is 15.8. The van der Waals surface area contributed by atoms with Crippen molar-refractivity contribution in [1.29, 1.82) is 0 Å². The molecule has 0 bridgehead atoms. The van der Waals surface area contributed by atoms with Crippen LogP contribution in [0.1, 0.15) is 22.8 Å². The van der Waals surface area contributed by atoms with Gasteiger partial charge in [-0.25, -0.2) is 9.18 Å². The number of nitrogen functional groups attached to an aromatic ring is 1. The summed E-state index contributed by atoms with van der Waals surface area (Å²) in [6, 6.07) is 6.09. The molecule has 1 aromatic carbocycles. The molecule has 5 nitrogen and oxygen atoms in total. The number of rotatable bonds is 5. The lowest BCUT2D eigenvalue weighted by Crippen LogP contribution is -2.10. The molecule has 1 aromatic heterocycles. The molecule has 0 radical (unpaired) electrons. The second-order valence-corrected chi connectivity index (χ2v) is 4.24. The van der Waals surface area contributed by atoms with Crippen molar-refractivity contribution < 1.29 is 18.7 Å². The third kappa shape index (κ3) is 3.68. The van der Waals surface area contributed by atoms with E-state index in [0.717, 1.165) is 6.20 Å². The molecule has 110 valence electrons. The average molecular weight is 290 g/mol. The summed E-state index contributed by atoms with van der Waals surface area (Å²) in [5.74, 6) is -0.778. The maximum Gasteiger partial charge on any atom is 0.342 e. The first-order valence-electron chi connectivity index (χ1n) is 6.39. The van der Waals surface area contributed by atoms with Gasteiger partial charge in [0.2, 0.25) is 0 Å². The van der Waals surface area contributed by atoms with Crippen molar-refractivity contribution in [3.8, 4) is 5.75 Å². The highest BCUT2D eigenvalue weighted by molar-refractivity contribution is 5.94. The normalized spacial score (nSPS) is 10.2. The molecule has 0 spiro atoms. The van der Waals surface area contributed by atoms with Crippen LogP contribution in [0.3, 0.4) is 0 Å².